The minimum Gasteiger partial charge on any atom is -0.347 e. The summed E-state index contributed by atoms with van der Waals surface area (Å²) < 4.78 is 1.66. The fraction of sp³-hybridized carbons (Fsp3) is 0.357. The van der Waals surface area contributed by atoms with E-state index in [-0.39, 0.29) is 23.4 Å². The predicted molar refractivity (Wildman–Crippen MR) is 133 cm³/mol. The number of rotatable bonds is 7. The van der Waals surface area contributed by atoms with Gasteiger partial charge in [0.05, 0.1) is 6.04 Å². The molecular formula is C28H33N3O2. The zero-order valence-electron chi connectivity index (χ0n) is 19.2. The lowest BCUT2D eigenvalue weighted by Crippen LogP contribution is -2.39. The molecule has 2 aromatic carbocycles. The number of hydrogen-bond donors (Lipinski definition) is 2. The molecule has 0 spiro atoms. The number of amides is 1. The van der Waals surface area contributed by atoms with E-state index < -0.39 is 0 Å². The van der Waals surface area contributed by atoms with E-state index in [0.717, 1.165) is 48.1 Å². The van der Waals surface area contributed by atoms with Crippen molar-refractivity contribution in [2.24, 2.45) is 24.6 Å². The van der Waals surface area contributed by atoms with E-state index in [1.165, 1.54) is 0 Å². The Hall–Kier alpha value is -3.18. The first-order valence-electron chi connectivity index (χ1n) is 11.9. The largest absolute Gasteiger partial charge is 0.347 e. The van der Waals surface area contributed by atoms with Crippen LogP contribution < -0.4 is 16.6 Å². The van der Waals surface area contributed by atoms with Gasteiger partial charge in [0.1, 0.15) is 0 Å². The summed E-state index contributed by atoms with van der Waals surface area (Å²) in [7, 11) is 1.78. The fourth-order valence-corrected chi connectivity index (χ4v) is 4.82. The van der Waals surface area contributed by atoms with Gasteiger partial charge in [0.2, 0.25) is 5.91 Å². The molecular weight excluding hydrogens is 410 g/mol. The van der Waals surface area contributed by atoms with Crippen LogP contribution in [0.15, 0.2) is 77.6 Å². The Morgan fingerprint density at radius 1 is 0.970 bits per heavy atom. The third-order valence-corrected chi connectivity index (χ3v) is 6.91. The molecule has 1 amide bonds. The van der Waals surface area contributed by atoms with Crippen LogP contribution in [0.25, 0.3) is 11.1 Å². The molecule has 0 bridgehead atoms. The maximum atomic E-state index is 13.3. The first-order valence-corrected chi connectivity index (χ1v) is 11.9. The zero-order valence-corrected chi connectivity index (χ0v) is 19.2. The SMILES string of the molecule is Cn1c(C(Cc2ccccc2)NC(=O)[C@H]2CC[C@H](CN)CC2)cc(-c2ccccc2)cc1=O. The lowest BCUT2D eigenvalue weighted by atomic mass is 9.81. The van der Waals surface area contributed by atoms with Gasteiger partial charge in [-0.05, 0) is 67.3 Å². The number of aromatic nitrogens is 1. The lowest BCUT2D eigenvalue weighted by Gasteiger charge is -2.29. The van der Waals surface area contributed by atoms with Gasteiger partial charge in [-0.3, -0.25) is 9.59 Å². The number of nitrogens with one attached hydrogen (secondary N) is 1. The maximum Gasteiger partial charge on any atom is 0.251 e. The summed E-state index contributed by atoms with van der Waals surface area (Å²) in [4.78, 5) is 26.2. The van der Waals surface area contributed by atoms with Crippen molar-refractivity contribution in [1.82, 2.24) is 9.88 Å². The van der Waals surface area contributed by atoms with Gasteiger partial charge in [-0.25, -0.2) is 0 Å². The van der Waals surface area contributed by atoms with Gasteiger partial charge in [0.15, 0.2) is 0 Å². The monoisotopic (exact) mass is 443 g/mol. The second-order valence-electron chi connectivity index (χ2n) is 9.14. The van der Waals surface area contributed by atoms with Crippen LogP contribution in [0.5, 0.6) is 0 Å². The van der Waals surface area contributed by atoms with E-state index in [0.29, 0.717) is 18.9 Å². The molecule has 5 heteroatoms. The predicted octanol–water partition coefficient (Wildman–Crippen LogP) is 4.22. The summed E-state index contributed by atoms with van der Waals surface area (Å²) in [5.74, 6) is 0.599. The van der Waals surface area contributed by atoms with Crippen molar-refractivity contribution in [2.75, 3.05) is 6.54 Å². The molecule has 1 aromatic heterocycles. The van der Waals surface area contributed by atoms with Crippen LogP contribution in [0, 0.1) is 11.8 Å². The van der Waals surface area contributed by atoms with E-state index in [4.69, 9.17) is 5.73 Å². The molecule has 1 saturated carbocycles. The number of nitrogens with two attached hydrogens (primary N) is 1. The van der Waals surface area contributed by atoms with Crippen LogP contribution in [0.4, 0.5) is 0 Å². The number of nitrogens with zero attached hydrogens (tertiary/aromatic N) is 1. The highest BCUT2D eigenvalue weighted by molar-refractivity contribution is 5.79. The van der Waals surface area contributed by atoms with E-state index in [1.54, 1.807) is 17.7 Å². The van der Waals surface area contributed by atoms with Crippen molar-refractivity contribution in [1.29, 1.82) is 0 Å². The highest BCUT2D eigenvalue weighted by Crippen LogP contribution is 2.30. The highest BCUT2D eigenvalue weighted by atomic mass is 16.2. The first-order chi connectivity index (χ1) is 16.0. The van der Waals surface area contributed by atoms with Crippen LogP contribution >= 0.6 is 0 Å². The quantitative estimate of drug-likeness (QED) is 0.574. The first kappa shape index (κ1) is 23.0. The van der Waals surface area contributed by atoms with Gasteiger partial charge in [-0.1, -0.05) is 60.7 Å². The second-order valence-corrected chi connectivity index (χ2v) is 9.14. The standard InChI is InChI=1S/C28H33N3O2/c1-31-26(17-24(18-27(31)32)22-10-6-3-7-11-22)25(16-20-8-4-2-5-9-20)30-28(33)23-14-12-21(19-29)13-15-23/h2-11,17-18,21,23,25H,12-16,19,29H2,1H3,(H,30,33)/t21-,23-,25?. The summed E-state index contributed by atoms with van der Waals surface area (Å²) in [6.45, 7) is 0.694. The highest BCUT2D eigenvalue weighted by Gasteiger charge is 2.28. The van der Waals surface area contributed by atoms with Crippen LogP contribution in [0.3, 0.4) is 0 Å². The molecule has 1 aliphatic carbocycles. The topological polar surface area (TPSA) is 77.1 Å². The van der Waals surface area contributed by atoms with Gasteiger partial charge < -0.3 is 15.6 Å². The van der Waals surface area contributed by atoms with Crippen molar-refractivity contribution in [3.8, 4) is 11.1 Å². The molecule has 1 aliphatic rings. The van der Waals surface area contributed by atoms with E-state index >= 15 is 0 Å². The normalized spacial score (nSPS) is 19.1. The van der Waals surface area contributed by atoms with E-state index in [2.05, 4.69) is 17.4 Å². The maximum absolute atomic E-state index is 13.3. The lowest BCUT2D eigenvalue weighted by molar-refractivity contribution is -0.127. The minimum absolute atomic E-state index is 0.000377. The molecule has 5 nitrogen and oxygen atoms in total. The van der Waals surface area contributed by atoms with Crippen molar-refractivity contribution in [3.63, 3.8) is 0 Å². The molecule has 3 N–H and O–H groups in total. The Morgan fingerprint density at radius 2 is 1.61 bits per heavy atom. The van der Waals surface area contributed by atoms with Crippen molar-refractivity contribution < 1.29 is 4.79 Å². The van der Waals surface area contributed by atoms with Gasteiger partial charge in [-0.15, -0.1) is 0 Å². The van der Waals surface area contributed by atoms with Crippen molar-refractivity contribution >= 4 is 5.91 Å². The smallest absolute Gasteiger partial charge is 0.251 e. The Bertz CT molecular complexity index is 1120. The van der Waals surface area contributed by atoms with Gasteiger partial charge >= 0.3 is 0 Å². The second kappa shape index (κ2) is 10.6. The minimum atomic E-state index is -0.298. The van der Waals surface area contributed by atoms with Crippen LogP contribution in [0.2, 0.25) is 0 Å². The molecule has 1 fully saturated rings. The fourth-order valence-electron chi connectivity index (χ4n) is 4.82. The Kier molecular flexibility index (Phi) is 7.40. The van der Waals surface area contributed by atoms with Crippen LogP contribution in [-0.2, 0) is 18.3 Å². The van der Waals surface area contributed by atoms with E-state index in [9.17, 15) is 9.59 Å². The molecule has 0 saturated heterocycles. The number of pyridine rings is 1. The summed E-state index contributed by atoms with van der Waals surface area (Å²) in [5, 5.41) is 3.30. The Labute approximate surface area is 195 Å². The van der Waals surface area contributed by atoms with Gasteiger partial charge in [-0.2, -0.15) is 0 Å². The Balaban J connectivity index is 1.65. The number of hydrogen-bond acceptors (Lipinski definition) is 3. The Morgan fingerprint density at radius 3 is 2.24 bits per heavy atom. The molecule has 1 heterocycles. The van der Waals surface area contributed by atoms with Crippen LogP contribution in [0.1, 0.15) is 43.0 Å². The average Bonchev–Trinajstić information content (AvgIpc) is 2.86. The number of benzene rings is 2. The summed E-state index contributed by atoms with van der Waals surface area (Å²) >= 11 is 0. The number of carbonyl (C=O) groups is 1. The summed E-state index contributed by atoms with van der Waals surface area (Å²) in [5.41, 5.74) is 9.53. The number of carbonyl (C=O) groups excluding carboxylic acids is 1. The molecule has 3 aromatic rings. The molecule has 4 rings (SSSR count). The molecule has 1 atom stereocenters. The molecule has 0 radical (unpaired) electrons. The van der Waals surface area contributed by atoms with Crippen LogP contribution in [-0.4, -0.2) is 17.0 Å². The third-order valence-electron chi connectivity index (χ3n) is 6.91. The van der Waals surface area contributed by atoms with Crippen molar-refractivity contribution in [2.45, 2.75) is 38.1 Å². The van der Waals surface area contributed by atoms with Gasteiger partial charge in [0, 0.05) is 24.7 Å². The molecule has 0 aliphatic heterocycles. The third kappa shape index (κ3) is 5.60. The summed E-state index contributed by atoms with van der Waals surface area (Å²) in [6.07, 6.45) is 4.36. The summed E-state index contributed by atoms with van der Waals surface area (Å²) in [6, 6.07) is 23.4. The average molecular weight is 444 g/mol. The van der Waals surface area contributed by atoms with E-state index in [1.807, 2.05) is 54.6 Å². The zero-order chi connectivity index (χ0) is 23.2. The molecule has 1 unspecified atom stereocenters. The van der Waals surface area contributed by atoms with Gasteiger partial charge in [0.25, 0.3) is 5.56 Å². The van der Waals surface area contributed by atoms with Crippen molar-refractivity contribution in [3.05, 3.63) is 94.4 Å². The molecule has 33 heavy (non-hydrogen) atoms. The molecule has 172 valence electrons.